The molecule has 0 saturated carbocycles. The fourth-order valence-electron chi connectivity index (χ4n) is 3.43. The van der Waals surface area contributed by atoms with Crippen molar-refractivity contribution >= 4 is 27.5 Å². The van der Waals surface area contributed by atoms with E-state index in [-0.39, 0.29) is 30.1 Å². The number of benzene rings is 2. The van der Waals surface area contributed by atoms with Gasteiger partial charge in [-0.05, 0) is 61.7 Å². The lowest BCUT2D eigenvalue weighted by Gasteiger charge is -2.36. The molecule has 0 aliphatic carbocycles. The monoisotopic (exact) mass is 470 g/mol. The second-order valence-corrected chi connectivity index (χ2v) is 9.49. The van der Waals surface area contributed by atoms with Gasteiger partial charge in [0.1, 0.15) is 11.9 Å². The molecule has 2 aromatic carbocycles. The molecule has 0 unspecified atom stereocenters. The summed E-state index contributed by atoms with van der Waals surface area (Å²) in [5.41, 5.74) is 0.315. The Bertz CT molecular complexity index is 1000. The molecule has 0 bridgehead atoms. The maximum Gasteiger partial charge on any atom is 0.251 e. The van der Waals surface area contributed by atoms with E-state index in [4.69, 9.17) is 16.3 Å². The zero-order valence-electron chi connectivity index (χ0n) is 16.6. The molecule has 1 aliphatic heterocycles. The molecule has 1 amide bonds. The maximum absolute atomic E-state index is 13.0. The maximum atomic E-state index is 13.0. The van der Waals surface area contributed by atoms with Crippen LogP contribution in [0.5, 0.6) is 0 Å². The molecule has 1 saturated heterocycles. The van der Waals surface area contributed by atoms with Crippen LogP contribution in [0.3, 0.4) is 0 Å². The zero-order chi connectivity index (χ0) is 22.4. The van der Waals surface area contributed by atoms with Crippen molar-refractivity contribution in [3.05, 3.63) is 64.9 Å². The first-order valence-corrected chi connectivity index (χ1v) is 11.7. The highest BCUT2D eigenvalue weighted by Gasteiger charge is 2.32. The first-order valence-electron chi connectivity index (χ1n) is 9.86. The van der Waals surface area contributed by atoms with Crippen LogP contribution < -0.4 is 10.0 Å². The highest BCUT2D eigenvalue weighted by molar-refractivity contribution is 7.89. The molecule has 0 radical (unpaired) electrons. The molecular weight excluding hydrogens is 447 g/mol. The second kappa shape index (κ2) is 10.5. The highest BCUT2D eigenvalue weighted by Crippen LogP contribution is 2.22. The quantitative estimate of drug-likeness (QED) is 0.549. The normalized spacial score (nSPS) is 21.6. The van der Waals surface area contributed by atoms with Gasteiger partial charge in [-0.2, -0.15) is 0 Å². The van der Waals surface area contributed by atoms with Crippen molar-refractivity contribution in [3.8, 4) is 0 Å². The van der Waals surface area contributed by atoms with E-state index in [1.54, 1.807) is 12.1 Å². The number of amides is 1. The molecule has 10 heteroatoms. The van der Waals surface area contributed by atoms with Crippen molar-refractivity contribution in [3.63, 3.8) is 0 Å². The Morgan fingerprint density at radius 1 is 1.19 bits per heavy atom. The lowest BCUT2D eigenvalue weighted by atomic mass is 9.97. The summed E-state index contributed by atoms with van der Waals surface area (Å²) < 4.78 is 46.1. The van der Waals surface area contributed by atoms with E-state index in [9.17, 15) is 22.7 Å². The molecule has 7 nitrogen and oxygen atoms in total. The average Bonchev–Trinajstić information content (AvgIpc) is 2.75. The number of aliphatic hydroxyl groups is 1. The van der Waals surface area contributed by atoms with Crippen LogP contribution in [0, 0.1) is 5.82 Å². The molecule has 2 aromatic rings. The Morgan fingerprint density at radius 3 is 2.61 bits per heavy atom. The summed E-state index contributed by atoms with van der Waals surface area (Å²) in [7, 11) is -3.69. The van der Waals surface area contributed by atoms with Gasteiger partial charge in [-0.15, -0.1) is 0 Å². The van der Waals surface area contributed by atoms with Crippen LogP contribution in [-0.4, -0.2) is 50.8 Å². The average molecular weight is 471 g/mol. The largest absolute Gasteiger partial charge is 0.394 e. The highest BCUT2D eigenvalue weighted by atomic mass is 35.5. The molecule has 0 spiro atoms. The third-order valence-corrected chi connectivity index (χ3v) is 6.78. The number of carbonyl (C=O) groups is 1. The van der Waals surface area contributed by atoms with Gasteiger partial charge in [-0.1, -0.05) is 17.7 Å². The van der Waals surface area contributed by atoms with Gasteiger partial charge < -0.3 is 15.2 Å². The predicted octanol–water partition coefficient (Wildman–Crippen LogP) is 2.49. The van der Waals surface area contributed by atoms with Gasteiger partial charge in [0.15, 0.2) is 0 Å². The third kappa shape index (κ3) is 6.47. The van der Waals surface area contributed by atoms with Crippen LogP contribution >= 0.6 is 11.6 Å². The van der Waals surface area contributed by atoms with Gasteiger partial charge >= 0.3 is 0 Å². The van der Waals surface area contributed by atoms with Crippen molar-refractivity contribution < 1.29 is 27.4 Å². The van der Waals surface area contributed by atoms with E-state index in [1.165, 1.54) is 36.4 Å². The summed E-state index contributed by atoms with van der Waals surface area (Å²) in [5.74, 6) is -0.806. The van der Waals surface area contributed by atoms with Crippen LogP contribution in [-0.2, 0) is 14.8 Å². The van der Waals surface area contributed by atoms with Crippen molar-refractivity contribution in [2.75, 3.05) is 13.2 Å². The fraction of sp³-hybridized carbons (Fsp3) is 0.381. The summed E-state index contributed by atoms with van der Waals surface area (Å²) in [4.78, 5) is 12.4. The molecule has 168 valence electrons. The van der Waals surface area contributed by atoms with E-state index in [0.29, 0.717) is 29.8 Å². The summed E-state index contributed by atoms with van der Waals surface area (Å²) in [6.45, 7) is -0.136. The van der Waals surface area contributed by atoms with Crippen LogP contribution in [0.25, 0.3) is 0 Å². The summed E-state index contributed by atoms with van der Waals surface area (Å²) in [6.07, 6.45) is 0.675. The minimum absolute atomic E-state index is 0.0846. The second-order valence-electron chi connectivity index (χ2n) is 7.29. The molecule has 3 N–H and O–H groups in total. The van der Waals surface area contributed by atoms with Crippen LogP contribution in [0.1, 0.15) is 29.6 Å². The number of sulfonamides is 1. The lowest BCUT2D eigenvalue weighted by Crippen LogP contribution is -2.51. The number of nitrogens with one attached hydrogen (secondary N) is 2. The SMILES string of the molecule is O=C(N[C@@H]1CC[C@H](CCNS(=O)(=O)c2cccc(Cl)c2)O[C@H]1CO)c1ccc(F)cc1. The van der Waals surface area contributed by atoms with Gasteiger partial charge in [0.05, 0.1) is 23.6 Å². The van der Waals surface area contributed by atoms with Gasteiger partial charge in [-0.25, -0.2) is 17.5 Å². The first kappa shape index (κ1) is 23.6. The predicted molar refractivity (Wildman–Crippen MR) is 114 cm³/mol. The summed E-state index contributed by atoms with van der Waals surface area (Å²) >= 11 is 5.85. The third-order valence-electron chi connectivity index (χ3n) is 5.08. The van der Waals surface area contributed by atoms with Crippen molar-refractivity contribution in [2.24, 2.45) is 0 Å². The van der Waals surface area contributed by atoms with E-state index in [0.717, 1.165) is 0 Å². The van der Waals surface area contributed by atoms with Crippen LogP contribution in [0.15, 0.2) is 53.4 Å². The standard InChI is InChI=1S/C21H24ClFN2O5S/c22-15-2-1-3-18(12-15)31(28,29)24-11-10-17-8-9-19(20(13-26)30-17)25-21(27)14-4-6-16(23)7-5-14/h1-7,12,17,19-20,24,26H,8-11,13H2,(H,25,27)/t17-,19-,20+/m1/s1. The van der Waals surface area contributed by atoms with E-state index in [1.807, 2.05) is 0 Å². The zero-order valence-corrected chi connectivity index (χ0v) is 18.2. The van der Waals surface area contributed by atoms with Gasteiger partial charge in [0.25, 0.3) is 5.91 Å². The van der Waals surface area contributed by atoms with Gasteiger partial charge in [0.2, 0.25) is 10.0 Å². The Hall–Kier alpha value is -2.04. The molecule has 1 heterocycles. The molecule has 3 rings (SSSR count). The van der Waals surface area contributed by atoms with Gasteiger partial charge in [-0.3, -0.25) is 4.79 Å². The van der Waals surface area contributed by atoms with E-state index >= 15 is 0 Å². The topological polar surface area (TPSA) is 105 Å². The Morgan fingerprint density at radius 2 is 1.94 bits per heavy atom. The number of rotatable bonds is 8. The molecule has 0 aromatic heterocycles. The molecular formula is C21H24ClFN2O5S. The Kier molecular flexibility index (Phi) is 8.01. The van der Waals surface area contributed by atoms with Crippen molar-refractivity contribution in [1.29, 1.82) is 0 Å². The lowest BCUT2D eigenvalue weighted by molar-refractivity contribution is -0.0891. The van der Waals surface area contributed by atoms with Crippen molar-refractivity contribution in [2.45, 2.75) is 42.4 Å². The molecule has 1 fully saturated rings. The van der Waals surface area contributed by atoms with Gasteiger partial charge in [0, 0.05) is 17.1 Å². The fourth-order valence-corrected chi connectivity index (χ4v) is 4.78. The molecule has 3 atom stereocenters. The minimum Gasteiger partial charge on any atom is -0.394 e. The number of ether oxygens (including phenoxy) is 1. The Labute approximate surface area is 185 Å². The molecule has 31 heavy (non-hydrogen) atoms. The Balaban J connectivity index is 1.50. The molecule has 1 aliphatic rings. The van der Waals surface area contributed by atoms with Crippen LogP contribution in [0.4, 0.5) is 4.39 Å². The van der Waals surface area contributed by atoms with Crippen LogP contribution in [0.2, 0.25) is 5.02 Å². The summed E-state index contributed by atoms with van der Waals surface area (Å²) in [6, 6.07) is 10.8. The number of hydrogen-bond acceptors (Lipinski definition) is 5. The number of hydrogen-bond donors (Lipinski definition) is 3. The van der Waals surface area contributed by atoms with E-state index < -0.39 is 28.0 Å². The number of aliphatic hydroxyl groups excluding tert-OH is 1. The van der Waals surface area contributed by atoms with E-state index in [2.05, 4.69) is 10.0 Å². The number of halogens is 2. The first-order chi connectivity index (χ1) is 14.8. The summed E-state index contributed by atoms with van der Waals surface area (Å²) in [5, 5.41) is 12.8. The smallest absolute Gasteiger partial charge is 0.251 e. The minimum atomic E-state index is -3.69. The number of carbonyl (C=O) groups excluding carboxylic acids is 1. The van der Waals surface area contributed by atoms with Crippen molar-refractivity contribution in [1.82, 2.24) is 10.0 Å².